The first-order valence-electron chi connectivity index (χ1n) is 4.25. The van der Waals surface area contributed by atoms with Crippen LogP contribution in [0.5, 0.6) is 5.75 Å². The molecule has 1 heterocycles. The van der Waals surface area contributed by atoms with E-state index in [1.807, 2.05) is 0 Å². The summed E-state index contributed by atoms with van der Waals surface area (Å²) in [5.74, 6) is 0.634. The zero-order valence-corrected chi connectivity index (χ0v) is 7.34. The van der Waals surface area contributed by atoms with Crippen molar-refractivity contribution in [3.05, 3.63) is 33.9 Å². The van der Waals surface area contributed by atoms with Crippen molar-refractivity contribution in [3.63, 3.8) is 0 Å². The second-order valence-corrected chi connectivity index (χ2v) is 3.18. The van der Waals surface area contributed by atoms with Crippen molar-refractivity contribution in [2.75, 3.05) is 6.61 Å². The van der Waals surface area contributed by atoms with Crippen molar-refractivity contribution in [3.8, 4) is 5.75 Å². The fourth-order valence-corrected chi connectivity index (χ4v) is 1.52. The molecule has 1 aliphatic rings. The van der Waals surface area contributed by atoms with Crippen LogP contribution in [0.25, 0.3) is 0 Å². The highest BCUT2D eigenvalue weighted by molar-refractivity contribution is 5.46. The number of hydrogen-bond donors (Lipinski definition) is 1. The number of non-ortho nitro benzene ring substituents is 1. The average molecular weight is 195 g/mol. The zero-order chi connectivity index (χ0) is 10.1. The second kappa shape index (κ2) is 3.26. The number of nitro benzene ring substituents is 1. The van der Waals surface area contributed by atoms with Gasteiger partial charge in [0.1, 0.15) is 11.9 Å². The highest BCUT2D eigenvalue weighted by atomic mass is 16.6. The number of ether oxygens (including phenoxy) is 1. The molecule has 74 valence electrons. The molecule has 0 fully saturated rings. The van der Waals surface area contributed by atoms with Crippen LogP contribution in [0.4, 0.5) is 5.69 Å². The largest absolute Gasteiger partial charge is 0.487 e. The molecule has 1 aromatic carbocycles. The van der Waals surface area contributed by atoms with Crippen LogP contribution in [-0.2, 0) is 6.42 Å². The van der Waals surface area contributed by atoms with Gasteiger partial charge in [0.05, 0.1) is 11.5 Å². The molecule has 0 aliphatic carbocycles. The maximum absolute atomic E-state index is 10.5. The van der Waals surface area contributed by atoms with E-state index in [1.54, 1.807) is 6.07 Å². The van der Waals surface area contributed by atoms with Gasteiger partial charge in [0, 0.05) is 24.1 Å². The summed E-state index contributed by atoms with van der Waals surface area (Å²) in [6, 6.07) is 4.46. The molecule has 0 saturated heterocycles. The Bertz CT molecular complexity index is 377. The van der Waals surface area contributed by atoms with E-state index in [0.29, 0.717) is 12.2 Å². The lowest BCUT2D eigenvalue weighted by Crippen LogP contribution is -2.17. The van der Waals surface area contributed by atoms with Crippen molar-refractivity contribution in [1.29, 1.82) is 0 Å². The minimum atomic E-state index is -0.438. The molecule has 5 heteroatoms. The molecule has 1 aliphatic heterocycles. The van der Waals surface area contributed by atoms with Gasteiger partial charge in [-0.1, -0.05) is 0 Å². The summed E-state index contributed by atoms with van der Waals surface area (Å²) in [6.45, 7) is -0.0670. The Morgan fingerprint density at radius 2 is 2.43 bits per heavy atom. The highest BCUT2D eigenvalue weighted by Crippen LogP contribution is 2.31. The second-order valence-electron chi connectivity index (χ2n) is 3.18. The maximum atomic E-state index is 10.5. The Kier molecular flexibility index (Phi) is 2.09. The van der Waals surface area contributed by atoms with Gasteiger partial charge in [-0.05, 0) is 6.07 Å². The fraction of sp³-hybridized carbons (Fsp3) is 0.333. The summed E-state index contributed by atoms with van der Waals surface area (Å²) >= 11 is 0. The Labute approximate surface area is 80.1 Å². The Hall–Kier alpha value is -1.62. The van der Waals surface area contributed by atoms with E-state index in [1.165, 1.54) is 12.1 Å². The highest BCUT2D eigenvalue weighted by Gasteiger charge is 2.23. The van der Waals surface area contributed by atoms with Crippen LogP contribution < -0.4 is 4.74 Å². The normalized spacial score (nSPS) is 18.8. The molecule has 0 aromatic heterocycles. The SMILES string of the molecule is O=[N+]([O-])c1ccc2c(c1)CC(CO)O2. The molecule has 0 spiro atoms. The topological polar surface area (TPSA) is 72.6 Å². The number of rotatable bonds is 2. The van der Waals surface area contributed by atoms with E-state index >= 15 is 0 Å². The van der Waals surface area contributed by atoms with Gasteiger partial charge in [0.15, 0.2) is 0 Å². The summed E-state index contributed by atoms with van der Waals surface area (Å²) in [6.07, 6.45) is 0.278. The van der Waals surface area contributed by atoms with Crippen molar-refractivity contribution in [1.82, 2.24) is 0 Å². The van der Waals surface area contributed by atoms with Crippen LogP contribution in [0, 0.1) is 10.1 Å². The number of aliphatic hydroxyl groups excluding tert-OH is 1. The number of nitro groups is 1. The molecule has 1 atom stereocenters. The molecule has 2 rings (SSSR count). The third-order valence-corrected chi connectivity index (χ3v) is 2.20. The van der Waals surface area contributed by atoms with E-state index in [-0.39, 0.29) is 18.4 Å². The first-order chi connectivity index (χ1) is 6.70. The van der Waals surface area contributed by atoms with Crippen LogP contribution in [0.1, 0.15) is 5.56 Å². The van der Waals surface area contributed by atoms with Gasteiger partial charge in [0.25, 0.3) is 5.69 Å². The van der Waals surface area contributed by atoms with Crippen molar-refractivity contribution in [2.24, 2.45) is 0 Å². The van der Waals surface area contributed by atoms with E-state index in [4.69, 9.17) is 9.84 Å². The van der Waals surface area contributed by atoms with Gasteiger partial charge in [-0.3, -0.25) is 10.1 Å². The van der Waals surface area contributed by atoms with Gasteiger partial charge in [-0.15, -0.1) is 0 Å². The van der Waals surface area contributed by atoms with Gasteiger partial charge in [-0.25, -0.2) is 0 Å². The molecule has 1 unspecified atom stereocenters. The first-order valence-corrected chi connectivity index (χ1v) is 4.25. The van der Waals surface area contributed by atoms with Crippen molar-refractivity contribution < 1.29 is 14.8 Å². The lowest BCUT2D eigenvalue weighted by atomic mass is 10.1. The lowest BCUT2D eigenvalue weighted by Gasteiger charge is -2.04. The lowest BCUT2D eigenvalue weighted by molar-refractivity contribution is -0.384. The van der Waals surface area contributed by atoms with Gasteiger partial charge in [0.2, 0.25) is 0 Å². The summed E-state index contributed by atoms with van der Waals surface area (Å²) in [5, 5.41) is 19.3. The van der Waals surface area contributed by atoms with Crippen LogP contribution in [0.15, 0.2) is 18.2 Å². The van der Waals surface area contributed by atoms with E-state index in [2.05, 4.69) is 0 Å². The monoisotopic (exact) mass is 195 g/mol. The average Bonchev–Trinajstić information content (AvgIpc) is 2.58. The molecule has 0 radical (unpaired) electrons. The third-order valence-electron chi connectivity index (χ3n) is 2.20. The Balaban J connectivity index is 2.31. The summed E-state index contributed by atoms with van der Waals surface area (Å²) in [4.78, 5) is 10.0. The predicted octanol–water partition coefficient (Wildman–Crippen LogP) is 0.891. The van der Waals surface area contributed by atoms with Crippen LogP contribution in [0.3, 0.4) is 0 Å². The van der Waals surface area contributed by atoms with Crippen LogP contribution in [0.2, 0.25) is 0 Å². The molecule has 0 saturated carbocycles. The van der Waals surface area contributed by atoms with Gasteiger partial charge >= 0.3 is 0 Å². The summed E-state index contributed by atoms with van der Waals surface area (Å²) < 4.78 is 5.32. The fourth-order valence-electron chi connectivity index (χ4n) is 1.52. The van der Waals surface area contributed by atoms with Crippen molar-refractivity contribution in [2.45, 2.75) is 12.5 Å². The zero-order valence-electron chi connectivity index (χ0n) is 7.34. The summed E-state index contributed by atoms with van der Waals surface area (Å²) in [5.41, 5.74) is 0.851. The Morgan fingerprint density at radius 1 is 1.64 bits per heavy atom. The minimum Gasteiger partial charge on any atom is -0.487 e. The van der Waals surface area contributed by atoms with Crippen molar-refractivity contribution >= 4 is 5.69 Å². The number of aliphatic hydroxyl groups is 1. The molecule has 14 heavy (non-hydrogen) atoms. The number of fused-ring (bicyclic) bond motifs is 1. The van der Waals surface area contributed by atoms with E-state index in [0.717, 1.165) is 5.56 Å². The van der Waals surface area contributed by atoms with Gasteiger partial charge < -0.3 is 9.84 Å². The van der Waals surface area contributed by atoms with E-state index < -0.39 is 4.92 Å². The standard InChI is InChI=1S/C9H9NO4/c11-5-8-4-6-3-7(10(12)13)1-2-9(6)14-8/h1-3,8,11H,4-5H2. The van der Waals surface area contributed by atoms with Gasteiger partial charge in [-0.2, -0.15) is 0 Å². The first kappa shape index (κ1) is 8.96. The smallest absolute Gasteiger partial charge is 0.269 e. The number of benzene rings is 1. The predicted molar refractivity (Wildman–Crippen MR) is 48.3 cm³/mol. The molecular formula is C9H9NO4. The van der Waals surface area contributed by atoms with Crippen LogP contribution >= 0.6 is 0 Å². The van der Waals surface area contributed by atoms with E-state index in [9.17, 15) is 10.1 Å². The quantitative estimate of drug-likeness (QED) is 0.561. The molecule has 1 N–H and O–H groups in total. The molecule has 0 amide bonds. The molecule has 5 nitrogen and oxygen atoms in total. The number of nitrogens with zero attached hydrogens (tertiary/aromatic N) is 1. The molecular weight excluding hydrogens is 186 g/mol. The summed E-state index contributed by atoms with van der Waals surface area (Å²) in [7, 11) is 0. The maximum Gasteiger partial charge on any atom is 0.269 e. The van der Waals surface area contributed by atoms with Crippen LogP contribution in [-0.4, -0.2) is 22.7 Å². The molecule has 1 aromatic rings. The molecule has 0 bridgehead atoms. The third kappa shape index (κ3) is 1.42. The Morgan fingerprint density at radius 3 is 3.07 bits per heavy atom. The minimum absolute atomic E-state index is 0.0611. The number of hydrogen-bond acceptors (Lipinski definition) is 4.